The maximum atomic E-state index is 12.8. The SMILES string of the molecule is O=C(c1ccn(COc2cccc(C(F)(F)F)c2)n1)N1CCN(Cc2cccnc2)CC1. The van der Waals surface area contributed by atoms with Gasteiger partial charge in [0.25, 0.3) is 5.91 Å². The Morgan fingerprint density at radius 2 is 1.88 bits per heavy atom. The van der Waals surface area contributed by atoms with Gasteiger partial charge >= 0.3 is 6.18 Å². The average Bonchev–Trinajstić information content (AvgIpc) is 3.27. The highest BCUT2D eigenvalue weighted by molar-refractivity contribution is 5.92. The van der Waals surface area contributed by atoms with Crippen molar-refractivity contribution in [2.75, 3.05) is 26.2 Å². The fourth-order valence-corrected chi connectivity index (χ4v) is 3.47. The predicted molar refractivity (Wildman–Crippen MR) is 110 cm³/mol. The first kappa shape index (κ1) is 21.8. The van der Waals surface area contributed by atoms with Crippen molar-refractivity contribution in [2.45, 2.75) is 19.5 Å². The summed E-state index contributed by atoms with van der Waals surface area (Å²) in [5, 5.41) is 4.21. The van der Waals surface area contributed by atoms with E-state index in [-0.39, 0.29) is 24.1 Å². The molecule has 0 saturated carbocycles. The van der Waals surface area contributed by atoms with Crippen LogP contribution in [0.3, 0.4) is 0 Å². The third-order valence-corrected chi connectivity index (χ3v) is 5.17. The second kappa shape index (κ2) is 9.39. The number of carbonyl (C=O) groups excluding carboxylic acids is 1. The largest absolute Gasteiger partial charge is 0.471 e. The summed E-state index contributed by atoms with van der Waals surface area (Å²) in [6, 6.07) is 10.1. The van der Waals surface area contributed by atoms with E-state index in [0.717, 1.165) is 37.3 Å². The standard InChI is InChI=1S/C22H22F3N5O2/c23-22(24,25)18-4-1-5-19(13-18)32-16-30-8-6-20(27-30)21(31)29-11-9-28(10-12-29)15-17-3-2-7-26-14-17/h1-8,13-14H,9-12,15-16H2. The Hall–Kier alpha value is -3.40. The smallest absolute Gasteiger partial charge is 0.416 e. The second-order valence-electron chi connectivity index (χ2n) is 7.47. The molecule has 10 heteroatoms. The molecule has 3 heterocycles. The molecule has 0 N–H and O–H groups in total. The van der Waals surface area contributed by atoms with E-state index in [2.05, 4.69) is 15.0 Å². The second-order valence-corrected chi connectivity index (χ2v) is 7.47. The molecule has 1 fully saturated rings. The zero-order valence-corrected chi connectivity index (χ0v) is 17.2. The number of pyridine rings is 1. The number of ether oxygens (including phenoxy) is 1. The Balaban J connectivity index is 1.29. The molecule has 0 radical (unpaired) electrons. The number of nitrogens with zero attached hydrogens (tertiary/aromatic N) is 5. The fourth-order valence-electron chi connectivity index (χ4n) is 3.47. The van der Waals surface area contributed by atoms with Gasteiger partial charge in [0.05, 0.1) is 5.56 Å². The molecule has 2 aromatic heterocycles. The molecule has 168 valence electrons. The van der Waals surface area contributed by atoms with Gasteiger partial charge in [0.2, 0.25) is 0 Å². The number of rotatable bonds is 6. The molecule has 4 rings (SSSR count). The van der Waals surface area contributed by atoms with Gasteiger partial charge in [-0.3, -0.25) is 14.7 Å². The Morgan fingerprint density at radius 3 is 2.59 bits per heavy atom. The lowest BCUT2D eigenvalue weighted by Gasteiger charge is -2.34. The van der Waals surface area contributed by atoms with Crippen molar-refractivity contribution in [3.8, 4) is 5.75 Å². The maximum absolute atomic E-state index is 12.8. The van der Waals surface area contributed by atoms with Crippen LogP contribution in [0.1, 0.15) is 21.6 Å². The summed E-state index contributed by atoms with van der Waals surface area (Å²) in [7, 11) is 0. The molecule has 32 heavy (non-hydrogen) atoms. The van der Waals surface area contributed by atoms with E-state index in [4.69, 9.17) is 4.74 Å². The molecule has 0 spiro atoms. The number of amides is 1. The molecular formula is C22H22F3N5O2. The highest BCUT2D eigenvalue weighted by atomic mass is 19.4. The van der Waals surface area contributed by atoms with E-state index in [9.17, 15) is 18.0 Å². The normalized spacial score (nSPS) is 15.0. The first-order chi connectivity index (χ1) is 15.4. The van der Waals surface area contributed by atoms with Crippen LogP contribution in [0.4, 0.5) is 13.2 Å². The lowest BCUT2D eigenvalue weighted by molar-refractivity contribution is -0.137. The van der Waals surface area contributed by atoms with Crippen LogP contribution in [-0.4, -0.2) is 56.7 Å². The summed E-state index contributed by atoms with van der Waals surface area (Å²) in [6.07, 6.45) is 0.710. The fraction of sp³-hybridized carbons (Fsp3) is 0.318. The average molecular weight is 445 g/mol. The van der Waals surface area contributed by atoms with Crippen molar-refractivity contribution >= 4 is 5.91 Å². The van der Waals surface area contributed by atoms with Crippen molar-refractivity contribution in [3.63, 3.8) is 0 Å². The van der Waals surface area contributed by atoms with E-state index < -0.39 is 11.7 Å². The van der Waals surface area contributed by atoms with Crippen LogP contribution in [0.2, 0.25) is 0 Å². The van der Waals surface area contributed by atoms with Crippen molar-refractivity contribution in [3.05, 3.63) is 77.9 Å². The van der Waals surface area contributed by atoms with Crippen LogP contribution < -0.4 is 4.74 Å². The number of hydrogen-bond donors (Lipinski definition) is 0. The molecule has 3 aromatic rings. The summed E-state index contributed by atoms with van der Waals surface area (Å²) < 4.78 is 45.2. The van der Waals surface area contributed by atoms with Gasteiger partial charge in [-0.05, 0) is 35.9 Å². The Kier molecular flexibility index (Phi) is 6.40. The van der Waals surface area contributed by atoms with E-state index in [1.807, 2.05) is 18.3 Å². The number of carbonyl (C=O) groups is 1. The third-order valence-electron chi connectivity index (χ3n) is 5.17. The van der Waals surface area contributed by atoms with E-state index in [1.165, 1.54) is 16.8 Å². The highest BCUT2D eigenvalue weighted by Crippen LogP contribution is 2.31. The third kappa shape index (κ3) is 5.44. The molecule has 1 aliphatic heterocycles. The van der Waals surface area contributed by atoms with E-state index in [1.54, 1.807) is 23.4 Å². The lowest BCUT2D eigenvalue weighted by Crippen LogP contribution is -2.48. The molecule has 0 bridgehead atoms. The van der Waals surface area contributed by atoms with Gasteiger partial charge in [0.1, 0.15) is 5.75 Å². The van der Waals surface area contributed by atoms with Gasteiger partial charge in [0.15, 0.2) is 12.4 Å². The van der Waals surface area contributed by atoms with Crippen LogP contribution in [0.25, 0.3) is 0 Å². The molecule has 0 unspecified atom stereocenters. The van der Waals surface area contributed by atoms with Crippen LogP contribution in [-0.2, 0) is 19.5 Å². The quantitative estimate of drug-likeness (QED) is 0.583. The number of piperazine rings is 1. The van der Waals surface area contributed by atoms with E-state index >= 15 is 0 Å². The summed E-state index contributed by atoms with van der Waals surface area (Å²) in [6.45, 7) is 3.37. The molecule has 1 saturated heterocycles. The number of hydrogen-bond acceptors (Lipinski definition) is 5. The van der Waals surface area contributed by atoms with Gasteiger partial charge in [-0.2, -0.15) is 18.3 Å². The summed E-state index contributed by atoms with van der Waals surface area (Å²) >= 11 is 0. The number of aromatic nitrogens is 3. The highest BCUT2D eigenvalue weighted by Gasteiger charge is 2.30. The minimum Gasteiger partial charge on any atom is -0.471 e. The van der Waals surface area contributed by atoms with Gasteiger partial charge in [-0.1, -0.05) is 12.1 Å². The summed E-state index contributed by atoms with van der Waals surface area (Å²) in [4.78, 5) is 20.9. The number of alkyl halides is 3. The first-order valence-corrected chi connectivity index (χ1v) is 10.1. The molecule has 0 atom stereocenters. The van der Waals surface area contributed by atoms with Gasteiger partial charge in [0, 0.05) is 51.3 Å². The van der Waals surface area contributed by atoms with Crippen molar-refractivity contribution in [1.29, 1.82) is 0 Å². The summed E-state index contributed by atoms with van der Waals surface area (Å²) in [5.74, 6) is -0.100. The van der Waals surface area contributed by atoms with Gasteiger partial charge < -0.3 is 9.64 Å². The molecular weight excluding hydrogens is 423 g/mol. The maximum Gasteiger partial charge on any atom is 0.416 e. The monoisotopic (exact) mass is 445 g/mol. The van der Waals surface area contributed by atoms with Crippen LogP contribution in [0.15, 0.2) is 61.1 Å². The van der Waals surface area contributed by atoms with Crippen molar-refractivity contribution in [2.24, 2.45) is 0 Å². The molecule has 0 aliphatic carbocycles. The molecule has 1 aromatic carbocycles. The van der Waals surface area contributed by atoms with Crippen LogP contribution in [0, 0.1) is 0 Å². The van der Waals surface area contributed by atoms with Crippen LogP contribution >= 0.6 is 0 Å². The van der Waals surface area contributed by atoms with Gasteiger partial charge in [-0.15, -0.1) is 0 Å². The Labute approximate surface area is 183 Å². The van der Waals surface area contributed by atoms with Crippen LogP contribution in [0.5, 0.6) is 5.75 Å². The van der Waals surface area contributed by atoms with Gasteiger partial charge in [-0.25, -0.2) is 4.68 Å². The minimum absolute atomic E-state index is 0.0768. The molecule has 1 aliphatic rings. The van der Waals surface area contributed by atoms with Crippen molar-refractivity contribution in [1.82, 2.24) is 24.6 Å². The topological polar surface area (TPSA) is 63.5 Å². The first-order valence-electron chi connectivity index (χ1n) is 10.1. The van der Waals surface area contributed by atoms with Crippen molar-refractivity contribution < 1.29 is 22.7 Å². The lowest BCUT2D eigenvalue weighted by atomic mass is 10.2. The molecule has 7 nitrogen and oxygen atoms in total. The zero-order chi connectivity index (χ0) is 22.6. The van der Waals surface area contributed by atoms with E-state index in [0.29, 0.717) is 13.1 Å². The summed E-state index contributed by atoms with van der Waals surface area (Å²) in [5.41, 5.74) is 0.624. The Morgan fingerprint density at radius 1 is 1.06 bits per heavy atom. The molecule has 1 amide bonds. The number of benzene rings is 1. The zero-order valence-electron chi connectivity index (χ0n) is 17.2. The minimum atomic E-state index is -4.44. The number of halogens is 3. The predicted octanol–water partition coefficient (Wildman–Crippen LogP) is 3.29. The Bertz CT molecular complexity index is 1050.